The summed E-state index contributed by atoms with van der Waals surface area (Å²) in [6.07, 6.45) is 1.37. The van der Waals surface area contributed by atoms with Crippen LogP contribution < -0.4 is 4.74 Å². The molecule has 4 atom stereocenters. The number of carbonyl (C=O) groups is 2. The van der Waals surface area contributed by atoms with E-state index in [1.807, 2.05) is 48.5 Å². The summed E-state index contributed by atoms with van der Waals surface area (Å²) in [6, 6.07) is 20.9. The van der Waals surface area contributed by atoms with Gasteiger partial charge in [0.2, 0.25) is 0 Å². The smallest absolute Gasteiger partial charge is 0.336 e. The van der Waals surface area contributed by atoms with Crippen molar-refractivity contribution in [2.24, 2.45) is 0 Å². The number of aliphatic carboxylic acids is 1. The molecular formula is C30H30O8. The highest BCUT2D eigenvalue weighted by Gasteiger charge is 2.52. The number of rotatable bonds is 9. The molecule has 3 N–H and O–H groups in total. The van der Waals surface area contributed by atoms with Crippen molar-refractivity contribution in [2.45, 2.75) is 36.8 Å². The van der Waals surface area contributed by atoms with E-state index in [1.54, 1.807) is 37.5 Å². The quantitative estimate of drug-likeness (QED) is 0.289. The summed E-state index contributed by atoms with van der Waals surface area (Å²) < 4.78 is 16.2. The molecule has 4 rings (SSSR count). The Morgan fingerprint density at radius 3 is 2.37 bits per heavy atom. The molecule has 0 amide bonds. The number of carboxylic acid groups (broad SMARTS) is 1. The number of aliphatic hydroxyl groups is 2. The van der Waals surface area contributed by atoms with E-state index in [-0.39, 0.29) is 19.4 Å². The number of fused-ring (bicyclic) bond motifs is 1. The SMILES string of the molecule is COc1ccc(/C=C/C(=O)O[C@@H]2C[C@](OC/C=C\c3ccc4ccccc4c3)(C(=O)O)C[C@H](O)[C@H]2O)cc1. The van der Waals surface area contributed by atoms with Gasteiger partial charge < -0.3 is 29.5 Å². The number of methoxy groups -OCH3 is 1. The fraction of sp³-hybridized carbons (Fsp3) is 0.267. The van der Waals surface area contributed by atoms with E-state index in [2.05, 4.69) is 0 Å². The Hall–Kier alpha value is -3.98. The second-order valence-electron chi connectivity index (χ2n) is 9.17. The van der Waals surface area contributed by atoms with Crippen molar-refractivity contribution in [3.8, 4) is 5.75 Å². The van der Waals surface area contributed by atoms with Crippen molar-refractivity contribution in [3.63, 3.8) is 0 Å². The molecule has 3 aromatic carbocycles. The largest absolute Gasteiger partial charge is 0.497 e. The Balaban J connectivity index is 1.40. The summed E-state index contributed by atoms with van der Waals surface area (Å²) >= 11 is 0. The first-order valence-corrected chi connectivity index (χ1v) is 12.2. The highest BCUT2D eigenvalue weighted by atomic mass is 16.6. The number of esters is 1. The van der Waals surface area contributed by atoms with Crippen LogP contribution in [0.1, 0.15) is 24.0 Å². The number of carboxylic acids is 1. The van der Waals surface area contributed by atoms with Gasteiger partial charge in [-0.2, -0.15) is 0 Å². The first-order chi connectivity index (χ1) is 18.3. The van der Waals surface area contributed by atoms with Crippen molar-refractivity contribution in [2.75, 3.05) is 13.7 Å². The first-order valence-electron chi connectivity index (χ1n) is 12.2. The van der Waals surface area contributed by atoms with Gasteiger partial charge in [-0.05, 0) is 46.2 Å². The van der Waals surface area contributed by atoms with Crippen molar-refractivity contribution in [1.82, 2.24) is 0 Å². The average Bonchev–Trinajstić information content (AvgIpc) is 2.92. The fourth-order valence-corrected chi connectivity index (χ4v) is 4.47. The molecule has 8 heteroatoms. The second kappa shape index (κ2) is 12.0. The molecule has 0 unspecified atom stereocenters. The predicted molar refractivity (Wildman–Crippen MR) is 142 cm³/mol. The zero-order valence-electron chi connectivity index (χ0n) is 20.9. The van der Waals surface area contributed by atoms with E-state index in [0.29, 0.717) is 11.3 Å². The van der Waals surface area contributed by atoms with Crippen molar-refractivity contribution < 1.29 is 39.1 Å². The van der Waals surface area contributed by atoms with Crippen LogP contribution in [0.25, 0.3) is 22.9 Å². The molecule has 0 aromatic heterocycles. The van der Waals surface area contributed by atoms with Crippen molar-refractivity contribution in [1.29, 1.82) is 0 Å². The standard InChI is InChI=1S/C30H30O8/c1-36-24-13-9-20(10-14-24)11-15-27(32)38-26-19-30(29(34)35,18-25(31)28(26)33)37-16-4-5-21-8-12-22-6-2-3-7-23(22)17-21/h2-15,17,25-26,28,31,33H,16,18-19H2,1H3,(H,34,35)/b5-4-,15-11+/t25-,26+,28+,30-/m0/s1. The van der Waals surface area contributed by atoms with Gasteiger partial charge in [-0.25, -0.2) is 9.59 Å². The molecule has 0 heterocycles. The molecule has 1 fully saturated rings. The Kier molecular flexibility index (Phi) is 8.58. The monoisotopic (exact) mass is 518 g/mol. The van der Waals surface area contributed by atoms with E-state index in [4.69, 9.17) is 14.2 Å². The summed E-state index contributed by atoms with van der Waals surface area (Å²) in [4.78, 5) is 24.7. The number of carbonyl (C=O) groups excluding carboxylic acids is 1. The second-order valence-corrected chi connectivity index (χ2v) is 9.17. The zero-order valence-corrected chi connectivity index (χ0v) is 20.9. The molecule has 8 nitrogen and oxygen atoms in total. The molecule has 38 heavy (non-hydrogen) atoms. The van der Waals surface area contributed by atoms with Gasteiger partial charge in [-0.3, -0.25) is 0 Å². The van der Waals surface area contributed by atoms with Crippen molar-refractivity contribution in [3.05, 3.63) is 90.0 Å². The Labute approximate surface area is 220 Å². The predicted octanol–water partition coefficient (Wildman–Crippen LogP) is 3.84. The molecule has 0 bridgehead atoms. The third-order valence-corrected chi connectivity index (χ3v) is 6.57. The topological polar surface area (TPSA) is 123 Å². The third kappa shape index (κ3) is 6.47. The normalized spacial score (nSPS) is 23.6. The molecular weight excluding hydrogens is 488 g/mol. The lowest BCUT2D eigenvalue weighted by Crippen LogP contribution is -2.58. The van der Waals surface area contributed by atoms with Gasteiger partial charge in [0.25, 0.3) is 0 Å². The summed E-state index contributed by atoms with van der Waals surface area (Å²) in [7, 11) is 1.55. The van der Waals surface area contributed by atoms with Gasteiger partial charge >= 0.3 is 11.9 Å². The van der Waals surface area contributed by atoms with Gasteiger partial charge in [-0.1, -0.05) is 60.7 Å². The maximum Gasteiger partial charge on any atom is 0.336 e. The Morgan fingerprint density at radius 2 is 1.66 bits per heavy atom. The van der Waals surface area contributed by atoms with E-state index in [0.717, 1.165) is 16.3 Å². The lowest BCUT2D eigenvalue weighted by Gasteiger charge is -2.41. The minimum atomic E-state index is -1.84. The van der Waals surface area contributed by atoms with Gasteiger partial charge in [0, 0.05) is 18.9 Å². The molecule has 1 saturated carbocycles. The summed E-state index contributed by atoms with van der Waals surface area (Å²) in [5.41, 5.74) is -0.198. The highest BCUT2D eigenvalue weighted by molar-refractivity contribution is 5.87. The van der Waals surface area contributed by atoms with Gasteiger partial charge in [-0.15, -0.1) is 0 Å². The van der Waals surface area contributed by atoms with Crippen LogP contribution in [-0.2, 0) is 19.1 Å². The van der Waals surface area contributed by atoms with Crippen LogP contribution in [0.3, 0.4) is 0 Å². The summed E-state index contributed by atoms with van der Waals surface area (Å²) in [5.74, 6) is -1.42. The minimum Gasteiger partial charge on any atom is -0.497 e. The van der Waals surface area contributed by atoms with Crippen molar-refractivity contribution >= 4 is 34.9 Å². The third-order valence-electron chi connectivity index (χ3n) is 6.57. The number of ether oxygens (including phenoxy) is 3. The summed E-state index contributed by atoms with van der Waals surface area (Å²) in [6.45, 7) is -0.0556. The van der Waals surface area contributed by atoms with Crippen LogP contribution in [0.5, 0.6) is 5.75 Å². The van der Waals surface area contributed by atoms with Crippen LogP contribution in [-0.4, -0.2) is 64.9 Å². The molecule has 0 saturated heterocycles. The van der Waals surface area contributed by atoms with E-state index >= 15 is 0 Å². The minimum absolute atomic E-state index is 0.0556. The highest BCUT2D eigenvalue weighted by Crippen LogP contribution is 2.35. The fourth-order valence-electron chi connectivity index (χ4n) is 4.47. The number of hydrogen-bond donors (Lipinski definition) is 3. The number of aliphatic hydroxyl groups excluding tert-OH is 2. The van der Waals surface area contributed by atoms with Crippen LogP contribution in [0.15, 0.2) is 78.9 Å². The Morgan fingerprint density at radius 1 is 0.947 bits per heavy atom. The molecule has 0 radical (unpaired) electrons. The molecule has 0 spiro atoms. The van der Waals surface area contributed by atoms with E-state index in [1.165, 1.54) is 12.2 Å². The van der Waals surface area contributed by atoms with Crippen LogP contribution in [0.2, 0.25) is 0 Å². The average molecular weight is 519 g/mol. The molecule has 1 aliphatic carbocycles. The van der Waals surface area contributed by atoms with E-state index < -0.39 is 35.9 Å². The van der Waals surface area contributed by atoms with Gasteiger partial charge in [0.15, 0.2) is 5.60 Å². The lowest BCUT2D eigenvalue weighted by atomic mass is 9.79. The Bertz CT molecular complexity index is 1330. The van der Waals surface area contributed by atoms with Crippen LogP contribution in [0.4, 0.5) is 0 Å². The summed E-state index contributed by atoms with van der Waals surface area (Å²) in [5, 5.41) is 33.0. The molecule has 198 valence electrons. The number of benzene rings is 3. The van der Waals surface area contributed by atoms with Gasteiger partial charge in [0.1, 0.15) is 18.0 Å². The zero-order chi connectivity index (χ0) is 27.1. The molecule has 3 aromatic rings. The maximum absolute atomic E-state index is 12.4. The van der Waals surface area contributed by atoms with Crippen LogP contribution >= 0.6 is 0 Å². The lowest BCUT2D eigenvalue weighted by molar-refractivity contribution is -0.204. The first kappa shape index (κ1) is 27.1. The molecule has 1 aliphatic rings. The van der Waals surface area contributed by atoms with E-state index in [9.17, 15) is 24.9 Å². The number of hydrogen-bond acceptors (Lipinski definition) is 7. The maximum atomic E-state index is 12.4. The van der Waals surface area contributed by atoms with Gasteiger partial charge in [0.05, 0.1) is 19.8 Å². The van der Waals surface area contributed by atoms with Crippen LogP contribution in [0, 0.1) is 0 Å². The molecule has 0 aliphatic heterocycles.